The quantitative estimate of drug-likeness (QED) is 0.539. The number of nitrogens with zero attached hydrogens (tertiary/aromatic N) is 3. The summed E-state index contributed by atoms with van der Waals surface area (Å²) in [6.45, 7) is 5.38. The molecule has 0 saturated carbocycles. The van der Waals surface area contributed by atoms with Crippen molar-refractivity contribution < 1.29 is 14.0 Å². The summed E-state index contributed by atoms with van der Waals surface area (Å²) in [5.41, 5.74) is 3.86. The highest BCUT2D eigenvalue weighted by Gasteiger charge is 2.32. The van der Waals surface area contributed by atoms with Crippen LogP contribution in [0.5, 0.6) is 0 Å². The topological polar surface area (TPSA) is 43.9 Å². The Kier molecular flexibility index (Phi) is 6.97. The second-order valence-electron chi connectivity index (χ2n) is 9.37. The number of carbonyl (C=O) groups excluding carboxylic acids is 2. The number of hydrogen-bond donors (Lipinski definition) is 0. The number of benzene rings is 2. The van der Waals surface area contributed by atoms with Crippen molar-refractivity contribution in [3.05, 3.63) is 92.9 Å². The first-order valence-electron chi connectivity index (χ1n) is 12.2. The van der Waals surface area contributed by atoms with Crippen molar-refractivity contribution in [3.8, 4) is 0 Å². The maximum absolute atomic E-state index is 14.1. The Morgan fingerprint density at radius 2 is 1.74 bits per heavy atom. The van der Waals surface area contributed by atoms with Crippen molar-refractivity contribution >= 4 is 23.2 Å². The van der Waals surface area contributed by atoms with E-state index in [0.29, 0.717) is 31.7 Å². The zero-order valence-corrected chi connectivity index (χ0v) is 20.8. The summed E-state index contributed by atoms with van der Waals surface area (Å²) in [7, 11) is 0. The van der Waals surface area contributed by atoms with Crippen LogP contribution < -0.4 is 0 Å². The third-order valence-corrected chi connectivity index (χ3v) is 8.00. The van der Waals surface area contributed by atoms with Crippen molar-refractivity contribution in [2.45, 2.75) is 25.8 Å². The first-order valence-corrected chi connectivity index (χ1v) is 13.1. The average molecular weight is 492 g/mol. The van der Waals surface area contributed by atoms with E-state index in [0.717, 1.165) is 30.5 Å². The van der Waals surface area contributed by atoms with Gasteiger partial charge in [-0.3, -0.25) is 14.5 Å². The van der Waals surface area contributed by atoms with E-state index in [2.05, 4.69) is 16.3 Å². The van der Waals surface area contributed by atoms with Gasteiger partial charge in [-0.15, -0.1) is 11.3 Å². The SMILES string of the molecule is Cc1ccc(C(=O)N2CCCN(C(=O)CN3CCc4sccc4[C@H]3c3cccc(F)c3)CC2)cc1. The minimum Gasteiger partial charge on any atom is -0.340 e. The van der Waals surface area contributed by atoms with Gasteiger partial charge < -0.3 is 9.80 Å². The van der Waals surface area contributed by atoms with Crippen LogP contribution in [0.2, 0.25) is 0 Å². The molecule has 5 nitrogen and oxygen atoms in total. The molecular weight excluding hydrogens is 461 g/mol. The molecule has 0 aliphatic carbocycles. The zero-order chi connectivity index (χ0) is 24.4. The van der Waals surface area contributed by atoms with Gasteiger partial charge in [0.2, 0.25) is 5.91 Å². The van der Waals surface area contributed by atoms with Crippen molar-refractivity contribution in [2.75, 3.05) is 39.3 Å². The van der Waals surface area contributed by atoms with E-state index in [1.807, 2.05) is 47.1 Å². The molecule has 0 radical (unpaired) electrons. The van der Waals surface area contributed by atoms with Crippen LogP contribution in [0.25, 0.3) is 0 Å². The molecule has 5 rings (SSSR count). The molecule has 0 N–H and O–H groups in total. The Labute approximate surface area is 209 Å². The molecule has 2 aliphatic rings. The molecule has 182 valence electrons. The lowest BCUT2D eigenvalue weighted by Gasteiger charge is -2.37. The number of thiophene rings is 1. The Balaban J connectivity index is 1.27. The minimum absolute atomic E-state index is 0.0199. The predicted octanol–water partition coefficient (Wildman–Crippen LogP) is 4.52. The second kappa shape index (κ2) is 10.3. The van der Waals surface area contributed by atoms with Gasteiger partial charge in [-0.1, -0.05) is 29.8 Å². The number of fused-ring (bicyclic) bond motifs is 1. The van der Waals surface area contributed by atoms with Gasteiger partial charge in [0.05, 0.1) is 12.6 Å². The van der Waals surface area contributed by atoms with Gasteiger partial charge in [0.25, 0.3) is 5.91 Å². The monoisotopic (exact) mass is 491 g/mol. The normalized spacial score (nSPS) is 18.7. The van der Waals surface area contributed by atoms with Crippen LogP contribution in [0.15, 0.2) is 60.0 Å². The van der Waals surface area contributed by atoms with E-state index < -0.39 is 0 Å². The third kappa shape index (κ3) is 5.16. The minimum atomic E-state index is -0.262. The molecule has 2 aromatic carbocycles. The summed E-state index contributed by atoms with van der Waals surface area (Å²) in [5, 5.41) is 2.08. The lowest BCUT2D eigenvalue weighted by atomic mass is 9.93. The lowest BCUT2D eigenvalue weighted by molar-refractivity contribution is -0.132. The number of aryl methyl sites for hydroxylation is 1. The van der Waals surface area contributed by atoms with Crippen LogP contribution in [0.4, 0.5) is 4.39 Å². The van der Waals surface area contributed by atoms with Crippen LogP contribution in [-0.2, 0) is 11.2 Å². The first kappa shape index (κ1) is 23.7. The summed E-state index contributed by atoms with van der Waals surface area (Å²) in [6.07, 6.45) is 1.65. The highest BCUT2D eigenvalue weighted by molar-refractivity contribution is 7.10. The molecule has 0 bridgehead atoms. The highest BCUT2D eigenvalue weighted by atomic mass is 32.1. The fourth-order valence-corrected chi connectivity index (χ4v) is 6.03. The molecule has 1 saturated heterocycles. The van der Waals surface area contributed by atoms with Crippen molar-refractivity contribution in [1.82, 2.24) is 14.7 Å². The van der Waals surface area contributed by atoms with Crippen molar-refractivity contribution in [3.63, 3.8) is 0 Å². The molecule has 0 spiro atoms. The first-order chi connectivity index (χ1) is 17.0. The van der Waals surface area contributed by atoms with Gasteiger partial charge in [-0.05, 0) is 66.6 Å². The summed E-state index contributed by atoms with van der Waals surface area (Å²) < 4.78 is 14.1. The van der Waals surface area contributed by atoms with E-state index in [1.54, 1.807) is 23.5 Å². The van der Waals surface area contributed by atoms with Gasteiger partial charge >= 0.3 is 0 Å². The molecule has 3 aromatic rings. The van der Waals surface area contributed by atoms with Crippen LogP contribution in [0, 0.1) is 12.7 Å². The van der Waals surface area contributed by atoms with E-state index >= 15 is 0 Å². The van der Waals surface area contributed by atoms with E-state index in [-0.39, 0.29) is 30.2 Å². The number of carbonyl (C=O) groups is 2. The summed E-state index contributed by atoms with van der Waals surface area (Å²) in [5.74, 6) is -0.178. The number of halogens is 1. The zero-order valence-electron chi connectivity index (χ0n) is 20.0. The molecule has 35 heavy (non-hydrogen) atoms. The average Bonchev–Trinajstić information content (AvgIpc) is 3.19. The number of amides is 2. The highest BCUT2D eigenvalue weighted by Crippen LogP contribution is 2.37. The Bertz CT molecular complexity index is 1210. The predicted molar refractivity (Wildman–Crippen MR) is 136 cm³/mol. The van der Waals surface area contributed by atoms with Crippen LogP contribution in [0.1, 0.15) is 44.4 Å². The Morgan fingerprint density at radius 3 is 2.54 bits per heavy atom. The largest absolute Gasteiger partial charge is 0.340 e. The molecule has 0 unspecified atom stereocenters. The van der Waals surface area contributed by atoms with Gasteiger partial charge in [0, 0.05) is 43.2 Å². The molecular formula is C28H30FN3O2S. The lowest BCUT2D eigenvalue weighted by Crippen LogP contribution is -2.45. The van der Waals surface area contributed by atoms with E-state index in [1.165, 1.54) is 16.5 Å². The molecule has 1 fully saturated rings. The van der Waals surface area contributed by atoms with E-state index in [4.69, 9.17) is 0 Å². The molecule has 2 amide bonds. The maximum atomic E-state index is 14.1. The summed E-state index contributed by atoms with van der Waals surface area (Å²) in [4.78, 5) is 33.6. The Morgan fingerprint density at radius 1 is 0.971 bits per heavy atom. The molecule has 2 aliphatic heterocycles. The standard InChI is InChI=1S/C28H30FN3O2S/c1-20-6-8-21(9-7-20)28(34)31-13-3-12-30(15-16-31)26(33)19-32-14-10-25-24(11-17-35-25)27(32)22-4-2-5-23(29)18-22/h2,4-9,11,17-18,27H,3,10,12-16,19H2,1H3/t27-/m1/s1. The van der Waals surface area contributed by atoms with Crippen molar-refractivity contribution in [1.29, 1.82) is 0 Å². The maximum Gasteiger partial charge on any atom is 0.253 e. The van der Waals surface area contributed by atoms with Gasteiger partial charge in [0.15, 0.2) is 0 Å². The molecule has 1 atom stereocenters. The number of rotatable bonds is 4. The van der Waals surface area contributed by atoms with Gasteiger partial charge in [-0.2, -0.15) is 0 Å². The van der Waals surface area contributed by atoms with Gasteiger partial charge in [-0.25, -0.2) is 4.39 Å². The number of hydrogen-bond acceptors (Lipinski definition) is 4. The summed E-state index contributed by atoms with van der Waals surface area (Å²) >= 11 is 1.73. The van der Waals surface area contributed by atoms with Crippen molar-refractivity contribution in [2.24, 2.45) is 0 Å². The molecule has 3 heterocycles. The summed E-state index contributed by atoms with van der Waals surface area (Å²) in [6, 6.07) is 16.3. The van der Waals surface area contributed by atoms with Crippen LogP contribution in [-0.4, -0.2) is 65.8 Å². The van der Waals surface area contributed by atoms with E-state index in [9.17, 15) is 14.0 Å². The molecule has 7 heteroatoms. The van der Waals surface area contributed by atoms with Gasteiger partial charge in [0.1, 0.15) is 5.82 Å². The second-order valence-corrected chi connectivity index (χ2v) is 10.4. The third-order valence-electron chi connectivity index (χ3n) is 7.00. The molecule has 1 aromatic heterocycles. The Hall–Kier alpha value is -3.03. The van der Waals surface area contributed by atoms with Crippen LogP contribution in [0.3, 0.4) is 0 Å². The van der Waals surface area contributed by atoms with Crippen LogP contribution >= 0.6 is 11.3 Å². The fourth-order valence-electron chi connectivity index (χ4n) is 5.13. The fraction of sp³-hybridized carbons (Fsp3) is 0.357. The smallest absolute Gasteiger partial charge is 0.253 e.